The number of amides is 1. The average molecular weight is 425 g/mol. The smallest absolute Gasteiger partial charge is 0.259 e. The molecule has 1 aromatic heterocycles. The van der Waals surface area contributed by atoms with Crippen molar-refractivity contribution in [2.75, 3.05) is 18.4 Å². The first-order valence-corrected chi connectivity index (χ1v) is 10.4. The molecule has 3 aromatic rings. The number of hydrogen-bond donors (Lipinski definition) is 2. The lowest BCUT2D eigenvalue weighted by Gasteiger charge is -2.24. The van der Waals surface area contributed by atoms with Gasteiger partial charge in [-0.2, -0.15) is 5.10 Å². The number of aromatic nitrogens is 2. The van der Waals surface area contributed by atoms with Gasteiger partial charge in [-0.25, -0.2) is 4.68 Å². The molecule has 0 atom stereocenters. The minimum atomic E-state index is -0.0962. The molecule has 0 bridgehead atoms. The standard InChI is InChI=1S/C24H28N4O.ClH/c1-3-18-6-8-20(9-7-18)27-24(29)22-16-26-28(21-10-4-17(2)5-11-21)23(22)19-12-14-25-15-13-19;/h4-11,16,19,25H,3,12-15H2,1-2H3,(H,27,29);1H. The third-order valence-electron chi connectivity index (χ3n) is 5.68. The first-order valence-electron chi connectivity index (χ1n) is 10.4. The number of piperidine rings is 1. The lowest BCUT2D eigenvalue weighted by atomic mass is 9.91. The average Bonchev–Trinajstić information content (AvgIpc) is 3.21. The number of carbonyl (C=O) groups is 1. The molecule has 2 N–H and O–H groups in total. The minimum absolute atomic E-state index is 0. The van der Waals surface area contributed by atoms with Gasteiger partial charge in [0.1, 0.15) is 0 Å². The number of nitrogens with zero attached hydrogens (tertiary/aromatic N) is 2. The summed E-state index contributed by atoms with van der Waals surface area (Å²) in [5, 5.41) is 11.1. The fourth-order valence-electron chi connectivity index (χ4n) is 3.93. The van der Waals surface area contributed by atoms with E-state index in [1.54, 1.807) is 6.20 Å². The van der Waals surface area contributed by atoms with Crippen LogP contribution in [0.2, 0.25) is 0 Å². The Bertz CT molecular complexity index is 973. The van der Waals surface area contributed by atoms with Gasteiger partial charge in [0.05, 0.1) is 23.1 Å². The van der Waals surface area contributed by atoms with Crippen molar-refractivity contribution >= 4 is 24.0 Å². The molecule has 5 nitrogen and oxygen atoms in total. The Hall–Kier alpha value is -2.63. The van der Waals surface area contributed by atoms with Gasteiger partial charge in [0.2, 0.25) is 0 Å². The summed E-state index contributed by atoms with van der Waals surface area (Å²) in [4.78, 5) is 13.2. The van der Waals surface area contributed by atoms with E-state index in [2.05, 4.69) is 66.0 Å². The van der Waals surface area contributed by atoms with Gasteiger partial charge < -0.3 is 10.6 Å². The third kappa shape index (κ3) is 4.74. The van der Waals surface area contributed by atoms with Gasteiger partial charge in [0, 0.05) is 11.6 Å². The summed E-state index contributed by atoms with van der Waals surface area (Å²) in [6.45, 7) is 6.12. The second-order valence-corrected chi connectivity index (χ2v) is 7.72. The van der Waals surface area contributed by atoms with Gasteiger partial charge in [-0.15, -0.1) is 12.4 Å². The summed E-state index contributed by atoms with van der Waals surface area (Å²) in [7, 11) is 0. The van der Waals surface area contributed by atoms with Gasteiger partial charge in [-0.3, -0.25) is 4.79 Å². The Morgan fingerprint density at radius 3 is 2.40 bits per heavy atom. The number of halogens is 1. The quantitative estimate of drug-likeness (QED) is 0.613. The van der Waals surface area contributed by atoms with Crippen molar-refractivity contribution in [2.24, 2.45) is 0 Å². The van der Waals surface area contributed by atoms with E-state index in [0.29, 0.717) is 11.5 Å². The van der Waals surface area contributed by atoms with E-state index in [9.17, 15) is 4.79 Å². The molecule has 6 heteroatoms. The van der Waals surface area contributed by atoms with Crippen LogP contribution in [0.3, 0.4) is 0 Å². The van der Waals surface area contributed by atoms with Crippen LogP contribution in [0.1, 0.15) is 52.9 Å². The van der Waals surface area contributed by atoms with Crippen LogP contribution in [0, 0.1) is 6.92 Å². The van der Waals surface area contributed by atoms with E-state index in [-0.39, 0.29) is 18.3 Å². The molecular formula is C24H29ClN4O. The number of hydrogen-bond acceptors (Lipinski definition) is 3. The molecule has 1 fully saturated rings. The molecule has 158 valence electrons. The molecule has 1 aliphatic heterocycles. The van der Waals surface area contributed by atoms with Crippen LogP contribution in [-0.2, 0) is 6.42 Å². The normalized spacial score (nSPS) is 14.2. The highest BCUT2D eigenvalue weighted by Gasteiger charge is 2.27. The molecule has 0 aliphatic carbocycles. The number of carbonyl (C=O) groups excluding carboxylic acids is 1. The van der Waals surface area contributed by atoms with Crippen molar-refractivity contribution in [3.8, 4) is 5.69 Å². The second kappa shape index (κ2) is 9.92. The molecule has 0 unspecified atom stereocenters. The maximum absolute atomic E-state index is 13.2. The van der Waals surface area contributed by atoms with Crippen molar-refractivity contribution in [2.45, 2.75) is 39.0 Å². The predicted octanol–water partition coefficient (Wildman–Crippen LogP) is 4.88. The molecule has 0 saturated carbocycles. The van der Waals surface area contributed by atoms with E-state index in [4.69, 9.17) is 0 Å². The van der Waals surface area contributed by atoms with Crippen LogP contribution >= 0.6 is 12.4 Å². The zero-order chi connectivity index (χ0) is 20.2. The first-order chi connectivity index (χ1) is 14.2. The van der Waals surface area contributed by atoms with Crippen LogP contribution in [0.15, 0.2) is 54.7 Å². The monoisotopic (exact) mass is 424 g/mol. The summed E-state index contributed by atoms with van der Waals surface area (Å²) >= 11 is 0. The number of benzene rings is 2. The number of rotatable bonds is 5. The zero-order valence-electron chi connectivity index (χ0n) is 17.5. The molecule has 0 spiro atoms. The Kier molecular flexibility index (Phi) is 7.29. The molecule has 30 heavy (non-hydrogen) atoms. The number of nitrogens with one attached hydrogen (secondary N) is 2. The summed E-state index contributed by atoms with van der Waals surface area (Å²) < 4.78 is 1.95. The molecule has 4 rings (SSSR count). The van der Waals surface area contributed by atoms with Crippen LogP contribution < -0.4 is 10.6 Å². The largest absolute Gasteiger partial charge is 0.322 e. The van der Waals surface area contributed by atoms with Crippen molar-refractivity contribution < 1.29 is 4.79 Å². The van der Waals surface area contributed by atoms with Gasteiger partial charge >= 0.3 is 0 Å². The molecule has 0 radical (unpaired) electrons. The van der Waals surface area contributed by atoms with E-state index >= 15 is 0 Å². The van der Waals surface area contributed by atoms with Crippen LogP contribution in [0.4, 0.5) is 5.69 Å². The van der Waals surface area contributed by atoms with E-state index in [0.717, 1.165) is 49.4 Å². The highest BCUT2D eigenvalue weighted by Crippen LogP contribution is 2.30. The van der Waals surface area contributed by atoms with Crippen LogP contribution in [0.25, 0.3) is 5.69 Å². The van der Waals surface area contributed by atoms with E-state index in [1.807, 2.05) is 16.8 Å². The van der Waals surface area contributed by atoms with Crippen molar-refractivity contribution in [1.82, 2.24) is 15.1 Å². The van der Waals surface area contributed by atoms with Gasteiger partial charge in [-0.05, 0) is 69.1 Å². The summed E-state index contributed by atoms with van der Waals surface area (Å²) in [5.74, 6) is 0.212. The van der Waals surface area contributed by atoms with E-state index < -0.39 is 0 Å². The summed E-state index contributed by atoms with van der Waals surface area (Å²) in [6, 6.07) is 16.3. The van der Waals surface area contributed by atoms with Gasteiger partial charge in [0.15, 0.2) is 0 Å². The Labute approximate surface area is 184 Å². The van der Waals surface area contributed by atoms with Gasteiger partial charge in [-0.1, -0.05) is 36.8 Å². The molecule has 2 aromatic carbocycles. The molecule has 1 amide bonds. The predicted molar refractivity (Wildman–Crippen MR) is 124 cm³/mol. The molecule has 1 saturated heterocycles. The topological polar surface area (TPSA) is 59.0 Å². The number of aryl methyl sites for hydroxylation is 2. The van der Waals surface area contributed by atoms with E-state index in [1.165, 1.54) is 11.1 Å². The SMILES string of the molecule is CCc1ccc(NC(=O)c2cnn(-c3ccc(C)cc3)c2C2CCNCC2)cc1.Cl. The van der Waals surface area contributed by atoms with Crippen LogP contribution in [-0.4, -0.2) is 28.8 Å². The Morgan fingerprint density at radius 1 is 1.10 bits per heavy atom. The third-order valence-corrected chi connectivity index (χ3v) is 5.68. The maximum atomic E-state index is 13.2. The highest BCUT2D eigenvalue weighted by molar-refractivity contribution is 6.05. The van der Waals surface area contributed by atoms with Crippen molar-refractivity contribution in [1.29, 1.82) is 0 Å². The fraction of sp³-hybridized carbons (Fsp3) is 0.333. The second-order valence-electron chi connectivity index (χ2n) is 7.72. The van der Waals surface area contributed by atoms with Gasteiger partial charge in [0.25, 0.3) is 5.91 Å². The number of anilines is 1. The lowest BCUT2D eigenvalue weighted by molar-refractivity contribution is 0.102. The molecular weight excluding hydrogens is 396 g/mol. The molecule has 1 aliphatic rings. The minimum Gasteiger partial charge on any atom is -0.322 e. The zero-order valence-corrected chi connectivity index (χ0v) is 18.3. The molecule has 2 heterocycles. The van der Waals surface area contributed by atoms with Crippen molar-refractivity contribution in [3.05, 3.63) is 77.1 Å². The first kappa shape index (κ1) is 22.1. The summed E-state index contributed by atoms with van der Waals surface area (Å²) in [5.41, 5.74) is 5.94. The Balaban J connectivity index is 0.00000256. The summed E-state index contributed by atoms with van der Waals surface area (Å²) in [6.07, 6.45) is 4.70. The Morgan fingerprint density at radius 2 is 1.77 bits per heavy atom. The fourth-order valence-corrected chi connectivity index (χ4v) is 3.93. The maximum Gasteiger partial charge on any atom is 0.259 e. The van der Waals surface area contributed by atoms with Crippen LogP contribution in [0.5, 0.6) is 0 Å². The van der Waals surface area contributed by atoms with Crippen molar-refractivity contribution in [3.63, 3.8) is 0 Å². The lowest BCUT2D eigenvalue weighted by Crippen LogP contribution is -2.29. The highest BCUT2D eigenvalue weighted by atomic mass is 35.5.